The summed E-state index contributed by atoms with van der Waals surface area (Å²) in [7, 11) is 0. The highest BCUT2D eigenvalue weighted by Crippen LogP contribution is 2.22. The molecule has 1 amide bonds. The third-order valence-electron chi connectivity index (χ3n) is 2.53. The number of amides is 1. The molecule has 0 spiro atoms. The predicted octanol–water partition coefficient (Wildman–Crippen LogP) is 1.51. The summed E-state index contributed by atoms with van der Waals surface area (Å²) >= 11 is 1.49. The summed E-state index contributed by atoms with van der Waals surface area (Å²) in [5.74, 6) is 0.230. The van der Waals surface area contributed by atoms with Gasteiger partial charge in [-0.25, -0.2) is 4.98 Å². The van der Waals surface area contributed by atoms with Crippen LogP contribution < -0.4 is 0 Å². The van der Waals surface area contributed by atoms with E-state index in [1.165, 1.54) is 11.8 Å². The van der Waals surface area contributed by atoms with Crippen LogP contribution in [0.1, 0.15) is 19.8 Å². The van der Waals surface area contributed by atoms with Crippen LogP contribution in [0, 0.1) is 0 Å². The van der Waals surface area contributed by atoms with Crippen molar-refractivity contribution in [1.82, 2.24) is 14.9 Å². The molecule has 0 radical (unpaired) electrons. The van der Waals surface area contributed by atoms with Crippen molar-refractivity contribution in [3.63, 3.8) is 0 Å². The van der Waals surface area contributed by atoms with E-state index < -0.39 is 0 Å². The first-order valence-electron chi connectivity index (χ1n) is 5.22. The molecule has 82 valence electrons. The standard InChI is InChI=1S/C10H15N3OS/c1-8(15-10-11-4-5-12-10)9(14)13-6-2-3-7-13/h4-5,8H,2-3,6-7H2,1H3,(H,11,12). The fourth-order valence-electron chi connectivity index (χ4n) is 1.73. The van der Waals surface area contributed by atoms with Gasteiger partial charge >= 0.3 is 0 Å². The average molecular weight is 225 g/mol. The van der Waals surface area contributed by atoms with Crippen molar-refractivity contribution >= 4 is 17.7 Å². The van der Waals surface area contributed by atoms with E-state index in [9.17, 15) is 4.79 Å². The lowest BCUT2D eigenvalue weighted by molar-refractivity contribution is -0.129. The Morgan fingerprint density at radius 2 is 2.33 bits per heavy atom. The Kier molecular flexibility index (Phi) is 3.30. The molecule has 4 nitrogen and oxygen atoms in total. The van der Waals surface area contributed by atoms with Gasteiger partial charge < -0.3 is 9.88 Å². The van der Waals surface area contributed by atoms with E-state index in [1.54, 1.807) is 12.4 Å². The minimum absolute atomic E-state index is 0.0470. The van der Waals surface area contributed by atoms with E-state index in [4.69, 9.17) is 0 Å². The summed E-state index contributed by atoms with van der Waals surface area (Å²) in [4.78, 5) is 21.0. The van der Waals surface area contributed by atoms with Crippen LogP contribution in [0.5, 0.6) is 0 Å². The highest BCUT2D eigenvalue weighted by atomic mass is 32.2. The van der Waals surface area contributed by atoms with E-state index in [1.807, 2.05) is 11.8 Å². The molecule has 2 rings (SSSR count). The second-order valence-corrected chi connectivity index (χ2v) is 5.02. The summed E-state index contributed by atoms with van der Waals surface area (Å²) < 4.78 is 0. The predicted molar refractivity (Wildman–Crippen MR) is 59.7 cm³/mol. The van der Waals surface area contributed by atoms with Gasteiger partial charge in [0.25, 0.3) is 0 Å². The lowest BCUT2D eigenvalue weighted by Crippen LogP contribution is -2.34. The van der Waals surface area contributed by atoms with E-state index in [0.717, 1.165) is 31.1 Å². The Bertz CT molecular complexity index is 319. The number of carbonyl (C=O) groups is 1. The highest BCUT2D eigenvalue weighted by Gasteiger charge is 2.24. The Labute approximate surface area is 93.5 Å². The van der Waals surface area contributed by atoms with Gasteiger partial charge in [0.1, 0.15) is 0 Å². The van der Waals surface area contributed by atoms with E-state index in [2.05, 4.69) is 9.97 Å². The maximum atomic E-state index is 11.9. The number of aromatic nitrogens is 2. The fraction of sp³-hybridized carbons (Fsp3) is 0.600. The molecule has 1 unspecified atom stereocenters. The zero-order valence-corrected chi connectivity index (χ0v) is 9.59. The largest absolute Gasteiger partial charge is 0.342 e. The Balaban J connectivity index is 1.89. The maximum absolute atomic E-state index is 11.9. The van der Waals surface area contributed by atoms with Gasteiger partial charge in [0.15, 0.2) is 5.16 Å². The normalized spacial score (nSPS) is 18.1. The average Bonchev–Trinajstić information content (AvgIpc) is 2.88. The fourth-order valence-corrected chi connectivity index (χ4v) is 2.57. The zero-order chi connectivity index (χ0) is 10.7. The summed E-state index contributed by atoms with van der Waals surface area (Å²) in [6, 6.07) is 0. The second-order valence-electron chi connectivity index (χ2n) is 3.69. The molecule has 0 bridgehead atoms. The number of thioether (sulfide) groups is 1. The van der Waals surface area contributed by atoms with Crippen LogP contribution in [-0.2, 0) is 4.79 Å². The smallest absolute Gasteiger partial charge is 0.235 e. The molecule has 1 aromatic rings. The Morgan fingerprint density at radius 1 is 1.60 bits per heavy atom. The molecule has 1 aromatic heterocycles. The van der Waals surface area contributed by atoms with Crippen LogP contribution in [0.15, 0.2) is 17.6 Å². The van der Waals surface area contributed by atoms with Crippen LogP contribution in [0.4, 0.5) is 0 Å². The SMILES string of the molecule is CC(Sc1ncc[nH]1)C(=O)N1CCCC1. The minimum atomic E-state index is -0.0470. The number of aromatic amines is 1. The molecule has 0 aliphatic carbocycles. The number of imidazole rings is 1. The molecule has 2 heterocycles. The van der Waals surface area contributed by atoms with Crippen molar-refractivity contribution in [2.75, 3.05) is 13.1 Å². The molecule has 0 saturated carbocycles. The first-order chi connectivity index (χ1) is 7.27. The topological polar surface area (TPSA) is 49.0 Å². The van der Waals surface area contributed by atoms with Crippen molar-refractivity contribution in [3.05, 3.63) is 12.4 Å². The van der Waals surface area contributed by atoms with Gasteiger partial charge in [-0.3, -0.25) is 4.79 Å². The molecule has 5 heteroatoms. The van der Waals surface area contributed by atoms with E-state index in [-0.39, 0.29) is 11.2 Å². The minimum Gasteiger partial charge on any atom is -0.342 e. The number of rotatable bonds is 3. The molecule has 1 atom stereocenters. The van der Waals surface area contributed by atoms with Gasteiger partial charge in [-0.1, -0.05) is 11.8 Å². The number of nitrogens with one attached hydrogen (secondary N) is 1. The van der Waals surface area contributed by atoms with Gasteiger partial charge in [-0.2, -0.15) is 0 Å². The monoisotopic (exact) mass is 225 g/mol. The highest BCUT2D eigenvalue weighted by molar-refractivity contribution is 8.00. The first kappa shape index (κ1) is 10.5. The first-order valence-corrected chi connectivity index (χ1v) is 6.10. The summed E-state index contributed by atoms with van der Waals surface area (Å²) in [5, 5.41) is 0.768. The molecule has 0 aromatic carbocycles. The molecule has 1 fully saturated rings. The quantitative estimate of drug-likeness (QED) is 0.793. The number of nitrogens with zero attached hydrogens (tertiary/aromatic N) is 2. The summed E-state index contributed by atoms with van der Waals surface area (Å²) in [6.45, 7) is 3.78. The van der Waals surface area contributed by atoms with Crippen molar-refractivity contribution in [2.24, 2.45) is 0 Å². The van der Waals surface area contributed by atoms with Gasteiger partial charge in [0, 0.05) is 25.5 Å². The summed E-state index contributed by atoms with van der Waals surface area (Å²) in [6.07, 6.45) is 5.76. The van der Waals surface area contributed by atoms with Gasteiger partial charge in [-0.05, 0) is 19.8 Å². The molecule has 15 heavy (non-hydrogen) atoms. The van der Waals surface area contributed by atoms with Gasteiger partial charge in [0.05, 0.1) is 5.25 Å². The van der Waals surface area contributed by atoms with E-state index in [0.29, 0.717) is 0 Å². The van der Waals surface area contributed by atoms with Crippen LogP contribution >= 0.6 is 11.8 Å². The molecular weight excluding hydrogens is 210 g/mol. The number of hydrogen-bond acceptors (Lipinski definition) is 3. The Morgan fingerprint density at radius 3 is 2.93 bits per heavy atom. The number of likely N-dealkylation sites (tertiary alicyclic amines) is 1. The molecule has 1 N–H and O–H groups in total. The lowest BCUT2D eigenvalue weighted by atomic mass is 10.4. The Hall–Kier alpha value is -0.970. The van der Waals surface area contributed by atoms with Crippen LogP contribution in [0.3, 0.4) is 0 Å². The van der Waals surface area contributed by atoms with Crippen LogP contribution in [0.2, 0.25) is 0 Å². The van der Waals surface area contributed by atoms with Gasteiger partial charge in [-0.15, -0.1) is 0 Å². The number of carbonyl (C=O) groups excluding carboxylic acids is 1. The third kappa shape index (κ3) is 2.53. The van der Waals surface area contributed by atoms with Crippen molar-refractivity contribution in [2.45, 2.75) is 30.2 Å². The van der Waals surface area contributed by atoms with Crippen molar-refractivity contribution in [1.29, 1.82) is 0 Å². The molecule has 1 saturated heterocycles. The molecule has 1 aliphatic heterocycles. The second kappa shape index (κ2) is 4.70. The van der Waals surface area contributed by atoms with Crippen LogP contribution in [-0.4, -0.2) is 39.1 Å². The number of hydrogen-bond donors (Lipinski definition) is 1. The lowest BCUT2D eigenvalue weighted by Gasteiger charge is -2.18. The van der Waals surface area contributed by atoms with Crippen LogP contribution in [0.25, 0.3) is 0 Å². The molecular formula is C10H15N3OS. The third-order valence-corrected chi connectivity index (χ3v) is 3.53. The van der Waals surface area contributed by atoms with E-state index >= 15 is 0 Å². The molecule has 1 aliphatic rings. The summed E-state index contributed by atoms with van der Waals surface area (Å²) in [5.41, 5.74) is 0. The number of H-pyrrole nitrogens is 1. The maximum Gasteiger partial charge on any atom is 0.235 e. The van der Waals surface area contributed by atoms with Crippen molar-refractivity contribution < 1.29 is 4.79 Å². The van der Waals surface area contributed by atoms with Crippen molar-refractivity contribution in [3.8, 4) is 0 Å². The van der Waals surface area contributed by atoms with Gasteiger partial charge in [0.2, 0.25) is 5.91 Å². The zero-order valence-electron chi connectivity index (χ0n) is 8.77.